The first-order valence-electron chi connectivity index (χ1n) is 7.76. The van der Waals surface area contributed by atoms with Crippen molar-refractivity contribution in [2.75, 3.05) is 19.8 Å². The van der Waals surface area contributed by atoms with Crippen molar-refractivity contribution < 1.29 is 23.4 Å². The number of hydrogen-bond acceptors (Lipinski definition) is 4. The first kappa shape index (κ1) is 15.7. The fourth-order valence-electron chi connectivity index (χ4n) is 3.45. The minimum Gasteiger partial charge on any atom is -0.394 e. The van der Waals surface area contributed by atoms with Crippen LogP contribution in [0.25, 0.3) is 0 Å². The van der Waals surface area contributed by atoms with Gasteiger partial charge in [-0.3, -0.25) is 0 Å². The SMILES string of the molecule is OCC12COC(c3cccc(F)c3)N1[C@H](c1cccc(F)c1)OC2. The molecule has 0 aliphatic carbocycles. The van der Waals surface area contributed by atoms with Crippen LogP contribution in [-0.4, -0.2) is 35.4 Å². The highest BCUT2D eigenvalue weighted by molar-refractivity contribution is 5.26. The molecule has 2 aromatic carbocycles. The van der Waals surface area contributed by atoms with Gasteiger partial charge in [-0.1, -0.05) is 24.3 Å². The number of ether oxygens (including phenoxy) is 2. The van der Waals surface area contributed by atoms with Crippen LogP contribution in [0.3, 0.4) is 0 Å². The Morgan fingerprint density at radius 2 is 1.46 bits per heavy atom. The fourth-order valence-corrected chi connectivity index (χ4v) is 3.45. The Balaban J connectivity index is 1.75. The number of halogens is 2. The van der Waals surface area contributed by atoms with E-state index in [1.54, 1.807) is 24.3 Å². The summed E-state index contributed by atoms with van der Waals surface area (Å²) < 4.78 is 38.9. The van der Waals surface area contributed by atoms with Crippen LogP contribution in [0.2, 0.25) is 0 Å². The summed E-state index contributed by atoms with van der Waals surface area (Å²) in [5.74, 6) is -0.722. The predicted octanol–water partition coefficient (Wildman–Crippen LogP) is 2.76. The summed E-state index contributed by atoms with van der Waals surface area (Å²) in [6.45, 7) is 0.359. The first-order chi connectivity index (χ1) is 11.6. The van der Waals surface area contributed by atoms with Gasteiger partial charge in [0.25, 0.3) is 0 Å². The first-order valence-corrected chi connectivity index (χ1v) is 7.76. The molecular weight excluding hydrogens is 316 g/mol. The third-order valence-electron chi connectivity index (χ3n) is 4.63. The summed E-state index contributed by atoms with van der Waals surface area (Å²) in [7, 11) is 0. The van der Waals surface area contributed by atoms with E-state index in [2.05, 4.69) is 0 Å². The molecule has 0 aromatic heterocycles. The van der Waals surface area contributed by atoms with Crippen LogP contribution in [0.1, 0.15) is 23.6 Å². The van der Waals surface area contributed by atoms with Crippen LogP contribution in [0.5, 0.6) is 0 Å². The van der Waals surface area contributed by atoms with Crippen molar-refractivity contribution in [2.24, 2.45) is 0 Å². The Hall–Kier alpha value is -1.86. The molecular formula is C18H17F2NO3. The van der Waals surface area contributed by atoms with Crippen LogP contribution < -0.4 is 0 Å². The maximum atomic E-state index is 13.6. The maximum absolute atomic E-state index is 13.6. The number of rotatable bonds is 3. The van der Waals surface area contributed by atoms with E-state index in [0.29, 0.717) is 11.1 Å². The van der Waals surface area contributed by atoms with E-state index < -0.39 is 18.0 Å². The molecule has 2 aliphatic rings. The van der Waals surface area contributed by atoms with Gasteiger partial charge in [0.15, 0.2) is 0 Å². The smallest absolute Gasteiger partial charge is 0.139 e. The molecule has 0 amide bonds. The summed E-state index contributed by atoms with van der Waals surface area (Å²) in [4.78, 5) is 1.87. The van der Waals surface area contributed by atoms with E-state index in [1.165, 1.54) is 24.3 Å². The molecule has 6 heteroatoms. The number of aliphatic hydroxyl groups is 1. The van der Waals surface area contributed by atoms with E-state index in [1.807, 2.05) is 4.90 Å². The Morgan fingerprint density at radius 3 is 1.88 bits per heavy atom. The van der Waals surface area contributed by atoms with Crippen LogP contribution in [0.4, 0.5) is 8.78 Å². The van der Waals surface area contributed by atoms with Gasteiger partial charge in [-0.05, 0) is 35.4 Å². The zero-order chi connectivity index (χ0) is 16.7. The Morgan fingerprint density at radius 1 is 0.958 bits per heavy atom. The van der Waals surface area contributed by atoms with E-state index in [0.717, 1.165) is 0 Å². The van der Waals surface area contributed by atoms with Crippen LogP contribution >= 0.6 is 0 Å². The molecule has 2 aromatic rings. The van der Waals surface area contributed by atoms with Gasteiger partial charge in [0.2, 0.25) is 0 Å². The average Bonchev–Trinajstić information content (AvgIpc) is 3.12. The van der Waals surface area contributed by atoms with Gasteiger partial charge in [-0.2, -0.15) is 0 Å². The second kappa shape index (κ2) is 5.89. The Kier molecular flexibility index (Phi) is 3.85. The molecule has 4 rings (SSSR count). The third kappa shape index (κ3) is 2.43. The lowest BCUT2D eigenvalue weighted by molar-refractivity contribution is -0.0632. The van der Waals surface area contributed by atoms with E-state index in [4.69, 9.17) is 9.47 Å². The molecule has 0 spiro atoms. The van der Waals surface area contributed by atoms with Crippen molar-refractivity contribution in [1.82, 2.24) is 4.90 Å². The van der Waals surface area contributed by atoms with Crippen LogP contribution in [0, 0.1) is 11.6 Å². The number of benzene rings is 2. The van der Waals surface area contributed by atoms with Gasteiger partial charge >= 0.3 is 0 Å². The molecule has 0 saturated carbocycles. The monoisotopic (exact) mass is 333 g/mol. The molecule has 1 N–H and O–H groups in total. The molecule has 126 valence electrons. The average molecular weight is 333 g/mol. The summed E-state index contributed by atoms with van der Waals surface area (Å²) in [6, 6.07) is 12.3. The Labute approximate surface area is 138 Å². The molecule has 24 heavy (non-hydrogen) atoms. The highest BCUT2D eigenvalue weighted by Gasteiger charge is 2.56. The van der Waals surface area contributed by atoms with Gasteiger partial charge in [0, 0.05) is 0 Å². The largest absolute Gasteiger partial charge is 0.394 e. The van der Waals surface area contributed by atoms with Gasteiger partial charge in [-0.25, -0.2) is 13.7 Å². The lowest BCUT2D eigenvalue weighted by atomic mass is 10.0. The summed E-state index contributed by atoms with van der Waals surface area (Å²) in [5, 5.41) is 9.92. The summed E-state index contributed by atoms with van der Waals surface area (Å²) in [5.41, 5.74) is 0.558. The molecule has 2 aliphatic heterocycles. The lowest BCUT2D eigenvalue weighted by Crippen LogP contribution is -2.47. The predicted molar refractivity (Wildman–Crippen MR) is 81.8 cm³/mol. The van der Waals surface area contributed by atoms with E-state index in [9.17, 15) is 13.9 Å². The highest BCUT2D eigenvalue weighted by atomic mass is 19.1. The van der Waals surface area contributed by atoms with Crippen molar-refractivity contribution in [3.8, 4) is 0 Å². The van der Waals surface area contributed by atoms with Crippen molar-refractivity contribution in [2.45, 2.75) is 18.0 Å². The van der Waals surface area contributed by atoms with Crippen molar-refractivity contribution in [1.29, 1.82) is 0 Å². The molecule has 2 unspecified atom stereocenters. The molecule has 2 saturated heterocycles. The minimum atomic E-state index is -0.714. The molecule has 0 bridgehead atoms. The van der Waals surface area contributed by atoms with Gasteiger partial charge in [0.05, 0.1) is 25.4 Å². The number of nitrogens with zero attached hydrogens (tertiary/aromatic N) is 1. The van der Waals surface area contributed by atoms with Crippen LogP contribution in [0.15, 0.2) is 48.5 Å². The quantitative estimate of drug-likeness (QED) is 0.938. The Bertz CT molecular complexity index is 697. The zero-order valence-corrected chi connectivity index (χ0v) is 12.9. The molecule has 2 heterocycles. The summed E-state index contributed by atoms with van der Waals surface area (Å²) in [6.07, 6.45) is -1.13. The normalized spacial score (nSPS) is 29.8. The van der Waals surface area contributed by atoms with E-state index >= 15 is 0 Å². The number of hydrogen-bond donors (Lipinski definition) is 1. The second-order valence-electron chi connectivity index (χ2n) is 6.23. The highest BCUT2D eigenvalue weighted by Crippen LogP contribution is 2.48. The molecule has 3 atom stereocenters. The van der Waals surface area contributed by atoms with Gasteiger partial charge in [-0.15, -0.1) is 0 Å². The topological polar surface area (TPSA) is 41.9 Å². The van der Waals surface area contributed by atoms with Crippen molar-refractivity contribution >= 4 is 0 Å². The third-order valence-corrected chi connectivity index (χ3v) is 4.63. The number of fused-ring (bicyclic) bond motifs is 1. The maximum Gasteiger partial charge on any atom is 0.139 e. The number of aliphatic hydroxyl groups excluding tert-OH is 1. The molecule has 4 nitrogen and oxygen atoms in total. The second-order valence-corrected chi connectivity index (χ2v) is 6.23. The standard InChI is InChI=1S/C18H17F2NO3/c19-14-5-1-3-12(7-14)16-21-17(13-4-2-6-15(20)8-13)24-11-18(21,9-22)10-23-16/h1-8,16-17,22H,9-11H2/t16-,17?,18?/m0/s1. The van der Waals surface area contributed by atoms with Gasteiger partial charge in [0.1, 0.15) is 24.1 Å². The minimum absolute atomic E-state index is 0.162. The van der Waals surface area contributed by atoms with Crippen LogP contribution in [-0.2, 0) is 9.47 Å². The molecule has 2 fully saturated rings. The van der Waals surface area contributed by atoms with Crippen molar-refractivity contribution in [3.63, 3.8) is 0 Å². The van der Waals surface area contributed by atoms with E-state index in [-0.39, 0.29) is 31.5 Å². The van der Waals surface area contributed by atoms with Crippen molar-refractivity contribution in [3.05, 3.63) is 71.3 Å². The summed E-state index contributed by atoms with van der Waals surface area (Å²) >= 11 is 0. The zero-order valence-electron chi connectivity index (χ0n) is 12.9. The van der Waals surface area contributed by atoms with Gasteiger partial charge < -0.3 is 14.6 Å². The fraction of sp³-hybridized carbons (Fsp3) is 0.333. The lowest BCUT2D eigenvalue weighted by Gasteiger charge is -2.33. The molecule has 0 radical (unpaired) electrons.